The molecule has 0 aromatic heterocycles. The van der Waals surface area contributed by atoms with Crippen LogP contribution in [0.5, 0.6) is 0 Å². The molecule has 1 aromatic carbocycles. The summed E-state index contributed by atoms with van der Waals surface area (Å²) in [5, 5.41) is 3.77. The van der Waals surface area contributed by atoms with E-state index in [0.717, 1.165) is 12.1 Å². The van der Waals surface area contributed by atoms with Crippen LogP contribution in [0.1, 0.15) is 5.56 Å². The molecular weight excluding hydrogens is 264 g/mol. The molecule has 1 atom stereocenters. The molecule has 1 aliphatic rings. The van der Waals surface area contributed by atoms with Gasteiger partial charge in [0, 0.05) is 24.7 Å². The van der Waals surface area contributed by atoms with E-state index < -0.39 is 0 Å². The second-order valence-electron chi connectivity index (χ2n) is 4.69. The second kappa shape index (κ2) is 6.89. The Hall–Kier alpha value is -1.10. The molecule has 1 fully saturated rings. The number of amides is 1. The Kier molecular flexibility index (Phi) is 5.19. The van der Waals surface area contributed by atoms with Crippen molar-refractivity contribution in [1.82, 2.24) is 10.2 Å². The fourth-order valence-corrected chi connectivity index (χ4v) is 2.31. The first-order valence-corrected chi connectivity index (χ1v) is 6.85. The lowest BCUT2D eigenvalue weighted by atomic mass is 10.1. The lowest BCUT2D eigenvalue weighted by Crippen LogP contribution is -2.49. The quantitative estimate of drug-likeness (QED) is 0.906. The van der Waals surface area contributed by atoms with Gasteiger partial charge in [0.2, 0.25) is 5.91 Å². The Morgan fingerprint density at radius 2 is 2.21 bits per heavy atom. The van der Waals surface area contributed by atoms with Gasteiger partial charge in [-0.1, -0.05) is 23.7 Å². The molecule has 1 aliphatic heterocycles. The summed E-state index contributed by atoms with van der Waals surface area (Å²) in [6.45, 7) is 2.71. The number of benzene rings is 1. The number of halogens is 1. The molecule has 0 saturated carbocycles. The number of morpholine rings is 1. The first-order chi connectivity index (χ1) is 9.19. The van der Waals surface area contributed by atoms with Crippen molar-refractivity contribution in [1.29, 1.82) is 0 Å². The molecule has 1 amide bonds. The average molecular weight is 283 g/mol. The monoisotopic (exact) mass is 282 g/mol. The standard InChI is InChI=1S/C14H19ClN2O2/c1-16-9-13-10-17(6-7-19-13)14(18)8-11-2-4-12(15)5-3-11/h2-5,13,16H,6-10H2,1H3. The molecule has 1 aromatic rings. The van der Waals surface area contributed by atoms with Gasteiger partial charge in [0.1, 0.15) is 0 Å². The first kappa shape index (κ1) is 14.3. The molecule has 0 bridgehead atoms. The summed E-state index contributed by atoms with van der Waals surface area (Å²) in [7, 11) is 1.89. The van der Waals surface area contributed by atoms with Crippen LogP contribution in [0.3, 0.4) is 0 Å². The maximum Gasteiger partial charge on any atom is 0.227 e. The van der Waals surface area contributed by atoms with E-state index in [-0.39, 0.29) is 12.0 Å². The van der Waals surface area contributed by atoms with Crippen LogP contribution in [0.4, 0.5) is 0 Å². The normalized spacial score (nSPS) is 19.5. The summed E-state index contributed by atoms with van der Waals surface area (Å²) in [4.78, 5) is 14.1. The maximum absolute atomic E-state index is 12.2. The lowest BCUT2D eigenvalue weighted by molar-refractivity contribution is -0.137. The highest BCUT2D eigenvalue weighted by atomic mass is 35.5. The highest BCUT2D eigenvalue weighted by Gasteiger charge is 2.23. The van der Waals surface area contributed by atoms with Crippen LogP contribution in [0.15, 0.2) is 24.3 Å². The number of hydrogen-bond acceptors (Lipinski definition) is 3. The molecule has 1 saturated heterocycles. The van der Waals surface area contributed by atoms with Crippen molar-refractivity contribution in [2.75, 3.05) is 33.3 Å². The smallest absolute Gasteiger partial charge is 0.227 e. The van der Waals surface area contributed by atoms with Crippen molar-refractivity contribution in [3.8, 4) is 0 Å². The Labute approximate surface area is 118 Å². The number of carbonyl (C=O) groups is 1. The van der Waals surface area contributed by atoms with Crippen molar-refractivity contribution in [3.05, 3.63) is 34.9 Å². The van der Waals surface area contributed by atoms with Crippen LogP contribution in [0.25, 0.3) is 0 Å². The highest BCUT2D eigenvalue weighted by Crippen LogP contribution is 2.12. The maximum atomic E-state index is 12.2. The number of hydrogen-bond donors (Lipinski definition) is 1. The van der Waals surface area contributed by atoms with Crippen molar-refractivity contribution < 1.29 is 9.53 Å². The topological polar surface area (TPSA) is 41.6 Å². The first-order valence-electron chi connectivity index (χ1n) is 6.47. The molecule has 0 spiro atoms. The number of likely N-dealkylation sites (N-methyl/N-ethyl adjacent to an activating group) is 1. The lowest BCUT2D eigenvalue weighted by Gasteiger charge is -2.33. The molecule has 4 nitrogen and oxygen atoms in total. The molecule has 0 radical (unpaired) electrons. The van der Waals surface area contributed by atoms with Gasteiger partial charge in [-0.2, -0.15) is 0 Å². The summed E-state index contributed by atoms with van der Waals surface area (Å²) in [5.74, 6) is 0.145. The van der Waals surface area contributed by atoms with E-state index in [4.69, 9.17) is 16.3 Å². The Balaban J connectivity index is 1.90. The molecule has 0 aliphatic carbocycles. The van der Waals surface area contributed by atoms with Gasteiger partial charge >= 0.3 is 0 Å². The van der Waals surface area contributed by atoms with Crippen molar-refractivity contribution in [2.24, 2.45) is 0 Å². The van der Waals surface area contributed by atoms with E-state index in [2.05, 4.69) is 5.32 Å². The molecule has 2 rings (SSSR count). The largest absolute Gasteiger partial charge is 0.373 e. The zero-order valence-electron chi connectivity index (χ0n) is 11.1. The minimum absolute atomic E-state index is 0.0907. The van der Waals surface area contributed by atoms with Crippen LogP contribution >= 0.6 is 11.6 Å². The average Bonchev–Trinajstić information content (AvgIpc) is 2.42. The number of nitrogens with one attached hydrogen (secondary N) is 1. The highest BCUT2D eigenvalue weighted by molar-refractivity contribution is 6.30. The third-order valence-corrected chi connectivity index (χ3v) is 3.44. The van der Waals surface area contributed by atoms with Crippen LogP contribution in [0.2, 0.25) is 5.02 Å². The zero-order valence-corrected chi connectivity index (χ0v) is 11.8. The van der Waals surface area contributed by atoms with Gasteiger partial charge in [0.25, 0.3) is 0 Å². The predicted molar refractivity (Wildman–Crippen MR) is 75.4 cm³/mol. The summed E-state index contributed by atoms with van der Waals surface area (Å²) in [6.07, 6.45) is 0.511. The zero-order chi connectivity index (χ0) is 13.7. The van der Waals surface area contributed by atoms with Gasteiger partial charge in [0.05, 0.1) is 19.1 Å². The third kappa shape index (κ3) is 4.20. The van der Waals surface area contributed by atoms with E-state index >= 15 is 0 Å². The molecule has 104 valence electrons. The van der Waals surface area contributed by atoms with Crippen molar-refractivity contribution in [3.63, 3.8) is 0 Å². The van der Waals surface area contributed by atoms with Gasteiger partial charge in [-0.3, -0.25) is 4.79 Å². The van der Waals surface area contributed by atoms with Crippen molar-refractivity contribution >= 4 is 17.5 Å². The number of rotatable bonds is 4. The van der Waals surface area contributed by atoms with E-state index in [1.165, 1.54) is 0 Å². The molecule has 19 heavy (non-hydrogen) atoms. The number of ether oxygens (including phenoxy) is 1. The summed E-state index contributed by atoms with van der Waals surface area (Å²) in [6, 6.07) is 7.41. The van der Waals surface area contributed by atoms with Gasteiger partial charge < -0.3 is 15.0 Å². The molecule has 1 heterocycles. The summed E-state index contributed by atoms with van der Waals surface area (Å²) >= 11 is 5.83. The van der Waals surface area contributed by atoms with E-state index in [1.807, 2.05) is 36.2 Å². The minimum Gasteiger partial charge on any atom is -0.373 e. The summed E-state index contributed by atoms with van der Waals surface area (Å²) in [5.41, 5.74) is 0.992. The van der Waals surface area contributed by atoms with E-state index in [9.17, 15) is 4.79 Å². The van der Waals surface area contributed by atoms with Crippen LogP contribution in [-0.2, 0) is 16.0 Å². The Morgan fingerprint density at radius 1 is 1.47 bits per heavy atom. The third-order valence-electron chi connectivity index (χ3n) is 3.19. The Morgan fingerprint density at radius 3 is 2.89 bits per heavy atom. The number of carbonyl (C=O) groups excluding carboxylic acids is 1. The SMILES string of the molecule is CNCC1CN(C(=O)Cc2ccc(Cl)cc2)CCO1. The van der Waals surface area contributed by atoms with Crippen LogP contribution in [0, 0.1) is 0 Å². The van der Waals surface area contributed by atoms with Crippen LogP contribution < -0.4 is 5.32 Å². The van der Waals surface area contributed by atoms with E-state index in [1.54, 1.807) is 0 Å². The van der Waals surface area contributed by atoms with Crippen molar-refractivity contribution in [2.45, 2.75) is 12.5 Å². The van der Waals surface area contributed by atoms with Gasteiger partial charge in [-0.15, -0.1) is 0 Å². The number of nitrogens with zero attached hydrogens (tertiary/aromatic N) is 1. The summed E-state index contributed by atoms with van der Waals surface area (Å²) < 4.78 is 5.59. The Bertz CT molecular complexity index is 420. The predicted octanol–water partition coefficient (Wildman–Crippen LogP) is 1.33. The minimum atomic E-state index is 0.0907. The fourth-order valence-electron chi connectivity index (χ4n) is 2.19. The fraction of sp³-hybridized carbons (Fsp3) is 0.500. The molecular formula is C14H19ClN2O2. The van der Waals surface area contributed by atoms with Gasteiger partial charge in [-0.25, -0.2) is 0 Å². The second-order valence-corrected chi connectivity index (χ2v) is 5.13. The van der Waals surface area contributed by atoms with Gasteiger partial charge in [0.15, 0.2) is 0 Å². The molecule has 1 N–H and O–H groups in total. The molecule has 5 heteroatoms. The van der Waals surface area contributed by atoms with Crippen LogP contribution in [-0.4, -0.2) is 50.2 Å². The van der Waals surface area contributed by atoms with E-state index in [0.29, 0.717) is 31.1 Å². The molecule has 1 unspecified atom stereocenters. The van der Waals surface area contributed by atoms with Gasteiger partial charge in [-0.05, 0) is 24.7 Å².